The van der Waals surface area contributed by atoms with Crippen LogP contribution >= 0.6 is 0 Å². The monoisotopic (exact) mass is 223 g/mol. The molecule has 8 heteroatoms. The van der Waals surface area contributed by atoms with E-state index >= 15 is 0 Å². The van der Waals surface area contributed by atoms with Crippen molar-refractivity contribution in [3.05, 3.63) is 39.1 Å². The lowest BCUT2D eigenvalue weighted by molar-refractivity contribution is 0.406. The first-order valence-electron chi connectivity index (χ1n) is 4.44. The Bertz CT molecular complexity index is 623. The molecular weight excluding hydrogens is 214 g/mol. The molecule has 0 bridgehead atoms. The highest BCUT2D eigenvalue weighted by Gasteiger charge is 2.07. The summed E-state index contributed by atoms with van der Waals surface area (Å²) in [5.74, 6) is -0.0480. The number of aromatic nitrogens is 5. The number of aryl methyl sites for hydroxylation is 1. The van der Waals surface area contributed by atoms with Gasteiger partial charge >= 0.3 is 5.69 Å². The lowest BCUT2D eigenvalue weighted by atomic mass is 10.5. The number of nitrogens with one attached hydrogen (secondary N) is 1. The van der Waals surface area contributed by atoms with Gasteiger partial charge in [-0.1, -0.05) is 0 Å². The normalized spacial score (nSPS) is 10.6. The molecule has 84 valence electrons. The van der Waals surface area contributed by atoms with E-state index < -0.39 is 17.1 Å². The van der Waals surface area contributed by atoms with Gasteiger partial charge in [0.05, 0.1) is 12.6 Å². The van der Waals surface area contributed by atoms with Crippen LogP contribution in [0.15, 0.2) is 22.0 Å². The smallest absolute Gasteiger partial charge is 0.331 e. The summed E-state index contributed by atoms with van der Waals surface area (Å²) in [6.07, 6.45) is 1.48. The van der Waals surface area contributed by atoms with Gasteiger partial charge < -0.3 is 5.11 Å². The highest BCUT2D eigenvalue weighted by atomic mass is 16.3. The molecule has 0 aromatic carbocycles. The molecule has 2 rings (SSSR count). The maximum absolute atomic E-state index is 11.4. The minimum absolute atomic E-state index is 0.00227. The zero-order valence-corrected chi connectivity index (χ0v) is 8.41. The van der Waals surface area contributed by atoms with Crippen molar-refractivity contribution in [2.45, 2.75) is 6.54 Å². The summed E-state index contributed by atoms with van der Waals surface area (Å²) >= 11 is 0. The van der Waals surface area contributed by atoms with Crippen molar-refractivity contribution in [2.75, 3.05) is 0 Å². The van der Waals surface area contributed by atoms with Crippen LogP contribution in [0.2, 0.25) is 0 Å². The standard InChI is InChI=1S/C8H9N5O3/c1-12-4-9-5(11-12)3-13-7(15)2-6(14)10-8(13)16/h2,4,15H,3H2,1H3,(H,10,14,16). The van der Waals surface area contributed by atoms with Gasteiger partial charge in [0.2, 0.25) is 5.88 Å². The van der Waals surface area contributed by atoms with Gasteiger partial charge in [-0.15, -0.1) is 0 Å². The van der Waals surface area contributed by atoms with Crippen LogP contribution in [-0.2, 0) is 13.6 Å². The molecule has 2 aromatic rings. The Balaban J connectivity index is 2.42. The molecule has 0 saturated heterocycles. The molecule has 0 saturated carbocycles. The number of H-pyrrole nitrogens is 1. The Labute approximate surface area is 88.8 Å². The molecule has 0 aliphatic rings. The van der Waals surface area contributed by atoms with Gasteiger partial charge in [-0.05, 0) is 0 Å². The van der Waals surface area contributed by atoms with E-state index in [1.54, 1.807) is 7.05 Å². The van der Waals surface area contributed by atoms with Crippen LogP contribution in [0.4, 0.5) is 0 Å². The molecule has 2 heterocycles. The molecule has 0 unspecified atom stereocenters. The van der Waals surface area contributed by atoms with Crippen molar-refractivity contribution in [3.63, 3.8) is 0 Å². The minimum atomic E-state index is -0.697. The third-order valence-corrected chi connectivity index (χ3v) is 1.96. The average Bonchev–Trinajstić information content (AvgIpc) is 2.58. The van der Waals surface area contributed by atoms with Gasteiger partial charge in [0.25, 0.3) is 5.56 Å². The molecule has 8 nitrogen and oxygen atoms in total. The number of hydrogen-bond acceptors (Lipinski definition) is 5. The third-order valence-electron chi connectivity index (χ3n) is 1.96. The SMILES string of the molecule is Cn1cnc(Cn2c(O)cc(=O)[nH]c2=O)n1. The summed E-state index contributed by atoms with van der Waals surface area (Å²) in [5.41, 5.74) is -1.34. The van der Waals surface area contributed by atoms with Gasteiger partial charge in [-0.2, -0.15) is 5.10 Å². The molecule has 0 aliphatic carbocycles. The predicted octanol–water partition coefficient (Wildman–Crippen LogP) is -1.58. The van der Waals surface area contributed by atoms with Crippen LogP contribution in [0.25, 0.3) is 0 Å². The second kappa shape index (κ2) is 3.65. The lowest BCUT2D eigenvalue weighted by Gasteiger charge is -2.03. The zero-order chi connectivity index (χ0) is 11.7. The van der Waals surface area contributed by atoms with Gasteiger partial charge in [-0.3, -0.25) is 19.0 Å². The predicted molar refractivity (Wildman–Crippen MR) is 53.1 cm³/mol. The van der Waals surface area contributed by atoms with Crippen molar-refractivity contribution < 1.29 is 5.11 Å². The van der Waals surface area contributed by atoms with Gasteiger partial charge in [-0.25, -0.2) is 9.78 Å². The van der Waals surface area contributed by atoms with Crippen LogP contribution < -0.4 is 11.2 Å². The van der Waals surface area contributed by atoms with E-state index in [4.69, 9.17) is 0 Å². The van der Waals surface area contributed by atoms with Crippen molar-refractivity contribution >= 4 is 0 Å². The molecule has 0 atom stereocenters. The number of hydrogen-bond donors (Lipinski definition) is 2. The fourth-order valence-corrected chi connectivity index (χ4v) is 1.26. The summed E-state index contributed by atoms with van der Waals surface area (Å²) in [6, 6.07) is 0.921. The lowest BCUT2D eigenvalue weighted by Crippen LogP contribution is -2.29. The molecule has 2 N–H and O–H groups in total. The third kappa shape index (κ3) is 1.85. The number of aromatic hydroxyl groups is 1. The summed E-state index contributed by atoms with van der Waals surface area (Å²) in [4.78, 5) is 28.2. The van der Waals surface area contributed by atoms with E-state index in [1.165, 1.54) is 11.0 Å². The Kier molecular flexibility index (Phi) is 2.31. The van der Waals surface area contributed by atoms with Crippen LogP contribution in [0.5, 0.6) is 5.88 Å². The van der Waals surface area contributed by atoms with Crippen LogP contribution in [0.3, 0.4) is 0 Å². The van der Waals surface area contributed by atoms with Crippen molar-refractivity contribution in [1.82, 2.24) is 24.3 Å². The van der Waals surface area contributed by atoms with Crippen LogP contribution in [0.1, 0.15) is 5.82 Å². The van der Waals surface area contributed by atoms with E-state index in [1.807, 2.05) is 4.98 Å². The van der Waals surface area contributed by atoms with E-state index in [2.05, 4.69) is 10.1 Å². The second-order valence-electron chi connectivity index (χ2n) is 3.22. The summed E-state index contributed by atoms with van der Waals surface area (Å²) in [6.45, 7) is 0.00227. The minimum Gasteiger partial charge on any atom is -0.494 e. The number of aromatic amines is 1. The van der Waals surface area contributed by atoms with Crippen LogP contribution in [-0.4, -0.2) is 29.4 Å². The molecule has 16 heavy (non-hydrogen) atoms. The fourth-order valence-electron chi connectivity index (χ4n) is 1.26. The molecule has 0 spiro atoms. The maximum atomic E-state index is 11.4. The van der Waals surface area contributed by atoms with E-state index in [9.17, 15) is 14.7 Å². The van der Waals surface area contributed by atoms with Crippen LogP contribution in [0, 0.1) is 0 Å². The van der Waals surface area contributed by atoms with E-state index in [-0.39, 0.29) is 6.54 Å². The van der Waals surface area contributed by atoms with E-state index in [0.717, 1.165) is 10.6 Å². The maximum Gasteiger partial charge on any atom is 0.331 e. The van der Waals surface area contributed by atoms with Gasteiger partial charge in [0.1, 0.15) is 6.33 Å². The van der Waals surface area contributed by atoms with Crippen molar-refractivity contribution in [1.29, 1.82) is 0 Å². The highest BCUT2D eigenvalue weighted by molar-refractivity contribution is 5.07. The zero-order valence-electron chi connectivity index (χ0n) is 8.41. The molecular formula is C8H9N5O3. The summed E-state index contributed by atoms with van der Waals surface area (Å²) in [7, 11) is 1.69. The first-order valence-corrected chi connectivity index (χ1v) is 4.44. The molecule has 0 fully saturated rings. The highest BCUT2D eigenvalue weighted by Crippen LogP contribution is 2.02. The molecule has 0 amide bonds. The summed E-state index contributed by atoms with van der Waals surface area (Å²) < 4.78 is 2.44. The number of nitrogens with zero attached hydrogens (tertiary/aromatic N) is 4. The fraction of sp³-hybridized carbons (Fsp3) is 0.250. The quantitative estimate of drug-likeness (QED) is 0.639. The second-order valence-corrected chi connectivity index (χ2v) is 3.22. The molecule has 0 radical (unpaired) electrons. The topological polar surface area (TPSA) is 106 Å². The first kappa shape index (κ1) is 10.1. The van der Waals surface area contributed by atoms with Crippen molar-refractivity contribution in [2.24, 2.45) is 7.05 Å². The Morgan fingerprint density at radius 2 is 2.25 bits per heavy atom. The Morgan fingerprint density at radius 3 is 2.81 bits per heavy atom. The van der Waals surface area contributed by atoms with Crippen molar-refractivity contribution in [3.8, 4) is 5.88 Å². The largest absolute Gasteiger partial charge is 0.494 e. The first-order chi connectivity index (χ1) is 7.56. The Hall–Kier alpha value is -2.38. The average molecular weight is 223 g/mol. The van der Waals surface area contributed by atoms with Gasteiger partial charge in [0, 0.05) is 7.05 Å². The van der Waals surface area contributed by atoms with E-state index in [0.29, 0.717) is 5.82 Å². The summed E-state index contributed by atoms with van der Waals surface area (Å²) in [5, 5.41) is 13.4. The molecule has 2 aromatic heterocycles. The molecule has 0 aliphatic heterocycles. The van der Waals surface area contributed by atoms with Gasteiger partial charge in [0.15, 0.2) is 5.82 Å². The Morgan fingerprint density at radius 1 is 1.50 bits per heavy atom. The number of rotatable bonds is 2.